The highest BCUT2D eigenvalue weighted by Crippen LogP contribution is 2.26. The fraction of sp³-hybridized carbons (Fsp3) is 0.188. The first-order valence-corrected chi connectivity index (χ1v) is 10.3. The Bertz CT molecular complexity index is 909. The van der Waals surface area contributed by atoms with Crippen LogP contribution in [0.2, 0.25) is 0 Å². The van der Waals surface area contributed by atoms with E-state index in [0.717, 1.165) is 27.6 Å². The molecule has 120 valence electrons. The van der Waals surface area contributed by atoms with Crippen LogP contribution in [0.5, 0.6) is 0 Å². The molecule has 3 rings (SSSR count). The summed E-state index contributed by atoms with van der Waals surface area (Å²) < 4.78 is 27.7. The lowest BCUT2D eigenvalue weighted by molar-refractivity contribution is 0.603. The normalized spacial score (nSPS) is 11.6. The largest absolute Gasteiger partial charge is 0.279 e. The molecule has 0 radical (unpaired) electrons. The van der Waals surface area contributed by atoms with Gasteiger partial charge in [-0.3, -0.25) is 4.72 Å². The van der Waals surface area contributed by atoms with Crippen molar-refractivity contribution in [1.82, 2.24) is 4.98 Å². The molecule has 0 saturated carbocycles. The van der Waals surface area contributed by atoms with Gasteiger partial charge in [0.05, 0.1) is 10.7 Å². The topological polar surface area (TPSA) is 59.1 Å². The molecule has 0 aliphatic carbocycles. The minimum atomic E-state index is -3.52. The second-order valence-electron chi connectivity index (χ2n) is 5.01. The van der Waals surface area contributed by atoms with E-state index in [9.17, 15) is 8.42 Å². The Labute approximate surface area is 143 Å². The molecule has 1 N–H and O–H groups in total. The van der Waals surface area contributed by atoms with Gasteiger partial charge in [-0.25, -0.2) is 13.4 Å². The average Bonchev–Trinajstić information content (AvgIpc) is 3.17. The highest BCUT2D eigenvalue weighted by Gasteiger charge is 2.16. The maximum absolute atomic E-state index is 12.4. The van der Waals surface area contributed by atoms with E-state index in [-0.39, 0.29) is 0 Å². The summed E-state index contributed by atoms with van der Waals surface area (Å²) in [7, 11) is -3.52. The van der Waals surface area contributed by atoms with Gasteiger partial charge in [-0.05, 0) is 37.6 Å². The minimum absolute atomic E-state index is 0.341. The number of rotatable bonds is 5. The van der Waals surface area contributed by atoms with Gasteiger partial charge in [-0.15, -0.1) is 22.7 Å². The molecular weight excluding hydrogens is 348 g/mol. The Kier molecular flexibility index (Phi) is 4.52. The molecule has 0 fully saturated rings. The highest BCUT2D eigenvalue weighted by molar-refractivity contribution is 7.94. The van der Waals surface area contributed by atoms with Crippen molar-refractivity contribution in [3.05, 3.63) is 51.7 Å². The predicted octanol–water partition coefficient (Wildman–Crippen LogP) is 4.54. The van der Waals surface area contributed by atoms with Crippen LogP contribution in [0, 0.1) is 6.92 Å². The van der Waals surface area contributed by atoms with Crippen molar-refractivity contribution in [2.45, 2.75) is 24.5 Å². The number of thiophene rings is 1. The van der Waals surface area contributed by atoms with Gasteiger partial charge in [0.25, 0.3) is 10.0 Å². The molecule has 0 aliphatic heterocycles. The summed E-state index contributed by atoms with van der Waals surface area (Å²) in [6.07, 6.45) is 0.835. The van der Waals surface area contributed by atoms with Gasteiger partial charge in [-0.1, -0.05) is 19.1 Å². The van der Waals surface area contributed by atoms with E-state index in [1.54, 1.807) is 29.5 Å². The third-order valence-corrected chi connectivity index (χ3v) is 7.18. The molecule has 4 nitrogen and oxygen atoms in total. The Morgan fingerprint density at radius 2 is 1.87 bits per heavy atom. The molecular formula is C16H16N2O2S3. The van der Waals surface area contributed by atoms with Gasteiger partial charge < -0.3 is 0 Å². The number of benzene rings is 1. The maximum atomic E-state index is 12.4. The standard InChI is InChI=1S/C16H16N2O2S3/c1-3-14-8-9-16(22-14)23(19,20)18-13-6-4-12(5-7-13)15-10-21-11(2)17-15/h4-10,18H,3H2,1-2H3. The van der Waals surface area contributed by atoms with Gasteiger partial charge in [-0.2, -0.15) is 0 Å². The highest BCUT2D eigenvalue weighted by atomic mass is 32.2. The number of hydrogen-bond acceptors (Lipinski definition) is 5. The van der Waals surface area contributed by atoms with E-state index in [1.807, 2.05) is 37.4 Å². The van der Waals surface area contributed by atoms with Crippen LogP contribution in [-0.2, 0) is 16.4 Å². The van der Waals surface area contributed by atoms with Crippen LogP contribution in [0.25, 0.3) is 11.3 Å². The Morgan fingerprint density at radius 3 is 2.43 bits per heavy atom. The summed E-state index contributed by atoms with van der Waals surface area (Å²) in [5.41, 5.74) is 2.43. The number of anilines is 1. The fourth-order valence-corrected chi connectivity index (χ4v) is 5.08. The molecule has 2 heterocycles. The van der Waals surface area contributed by atoms with Crippen molar-refractivity contribution in [2.24, 2.45) is 0 Å². The number of sulfonamides is 1. The van der Waals surface area contributed by atoms with Crippen LogP contribution < -0.4 is 4.72 Å². The zero-order valence-electron chi connectivity index (χ0n) is 12.7. The lowest BCUT2D eigenvalue weighted by Crippen LogP contribution is -2.11. The first-order valence-electron chi connectivity index (χ1n) is 7.12. The molecule has 2 aromatic heterocycles. The van der Waals surface area contributed by atoms with E-state index >= 15 is 0 Å². The fourth-order valence-electron chi connectivity index (χ4n) is 2.10. The number of nitrogens with zero attached hydrogens (tertiary/aromatic N) is 1. The predicted molar refractivity (Wildman–Crippen MR) is 96.8 cm³/mol. The first-order chi connectivity index (χ1) is 11.0. The van der Waals surface area contributed by atoms with Crippen molar-refractivity contribution in [3.8, 4) is 11.3 Å². The van der Waals surface area contributed by atoms with Crippen LogP contribution in [0.15, 0.2) is 46.0 Å². The number of hydrogen-bond donors (Lipinski definition) is 1. The van der Waals surface area contributed by atoms with Gasteiger partial charge >= 0.3 is 0 Å². The third-order valence-electron chi connectivity index (χ3n) is 3.30. The average molecular weight is 365 g/mol. The van der Waals surface area contributed by atoms with E-state index < -0.39 is 10.0 Å². The molecule has 0 aliphatic rings. The maximum Gasteiger partial charge on any atom is 0.271 e. The van der Waals surface area contributed by atoms with Crippen LogP contribution in [-0.4, -0.2) is 13.4 Å². The Hall–Kier alpha value is -1.70. The summed E-state index contributed by atoms with van der Waals surface area (Å²) in [6, 6.07) is 10.8. The zero-order chi connectivity index (χ0) is 16.4. The Morgan fingerprint density at radius 1 is 1.13 bits per heavy atom. The smallest absolute Gasteiger partial charge is 0.271 e. The van der Waals surface area contributed by atoms with Crippen molar-refractivity contribution < 1.29 is 8.42 Å². The first kappa shape index (κ1) is 16.2. The lowest BCUT2D eigenvalue weighted by Gasteiger charge is -2.06. The van der Waals surface area contributed by atoms with Gasteiger partial charge in [0.2, 0.25) is 0 Å². The molecule has 3 aromatic rings. The van der Waals surface area contributed by atoms with Gasteiger partial charge in [0, 0.05) is 21.5 Å². The molecule has 0 unspecified atom stereocenters. The van der Waals surface area contributed by atoms with Crippen LogP contribution in [0.1, 0.15) is 16.8 Å². The van der Waals surface area contributed by atoms with Crippen molar-refractivity contribution in [2.75, 3.05) is 4.72 Å². The van der Waals surface area contributed by atoms with Crippen molar-refractivity contribution in [1.29, 1.82) is 0 Å². The SMILES string of the molecule is CCc1ccc(S(=O)(=O)Nc2ccc(-c3csc(C)n3)cc2)s1. The second kappa shape index (κ2) is 6.43. The summed E-state index contributed by atoms with van der Waals surface area (Å²) in [6.45, 7) is 3.97. The van der Waals surface area contributed by atoms with Crippen LogP contribution in [0.4, 0.5) is 5.69 Å². The van der Waals surface area contributed by atoms with Gasteiger partial charge in [0.1, 0.15) is 4.21 Å². The quantitative estimate of drug-likeness (QED) is 0.723. The summed E-state index contributed by atoms with van der Waals surface area (Å²) in [4.78, 5) is 5.48. The molecule has 23 heavy (non-hydrogen) atoms. The molecule has 0 saturated heterocycles. The van der Waals surface area contributed by atoms with Crippen molar-refractivity contribution in [3.63, 3.8) is 0 Å². The van der Waals surface area contributed by atoms with E-state index in [1.165, 1.54) is 11.3 Å². The number of aromatic nitrogens is 1. The molecule has 0 atom stereocenters. The monoisotopic (exact) mass is 364 g/mol. The second-order valence-corrected chi connectivity index (χ2v) is 9.15. The number of aryl methyl sites for hydroxylation is 2. The van der Waals surface area contributed by atoms with Crippen LogP contribution >= 0.6 is 22.7 Å². The summed E-state index contributed by atoms with van der Waals surface area (Å²) >= 11 is 2.90. The minimum Gasteiger partial charge on any atom is -0.279 e. The molecule has 0 bridgehead atoms. The van der Waals surface area contributed by atoms with Crippen molar-refractivity contribution >= 4 is 38.4 Å². The summed E-state index contributed by atoms with van der Waals surface area (Å²) in [5, 5.41) is 3.00. The third kappa shape index (κ3) is 3.63. The lowest BCUT2D eigenvalue weighted by atomic mass is 10.1. The number of thiazole rings is 1. The van der Waals surface area contributed by atoms with E-state index in [4.69, 9.17) is 0 Å². The van der Waals surface area contributed by atoms with Crippen LogP contribution in [0.3, 0.4) is 0 Å². The molecule has 0 spiro atoms. The van der Waals surface area contributed by atoms with E-state index in [2.05, 4.69) is 9.71 Å². The van der Waals surface area contributed by atoms with E-state index in [0.29, 0.717) is 9.90 Å². The molecule has 7 heteroatoms. The van der Waals surface area contributed by atoms with Gasteiger partial charge in [0.15, 0.2) is 0 Å². The number of nitrogens with one attached hydrogen (secondary N) is 1. The molecule has 1 aromatic carbocycles. The summed E-state index contributed by atoms with van der Waals surface area (Å²) in [5.74, 6) is 0. The molecule has 0 amide bonds. The zero-order valence-corrected chi connectivity index (χ0v) is 15.2. The Balaban J connectivity index is 1.80.